The Labute approximate surface area is 210 Å². The molecule has 0 saturated heterocycles. The molecule has 0 saturated carbocycles. The molecule has 2 N–H and O–H groups in total. The molecular weight excluding hydrogens is 452 g/mol. The normalized spacial score (nSPS) is 14.9. The Morgan fingerprint density at radius 2 is 1.08 bits per heavy atom. The van der Waals surface area contributed by atoms with Gasteiger partial charge in [0.15, 0.2) is 0 Å². The zero-order valence-corrected chi connectivity index (χ0v) is 20.4. The molecule has 0 spiro atoms. The Hall–Kier alpha value is -4.46. The number of hydrogen-bond acceptors (Lipinski definition) is 6. The summed E-state index contributed by atoms with van der Waals surface area (Å²) in [7, 11) is 4.04. The minimum absolute atomic E-state index is 0.279. The van der Waals surface area contributed by atoms with Crippen molar-refractivity contribution in [3.05, 3.63) is 95.1 Å². The van der Waals surface area contributed by atoms with Crippen molar-refractivity contribution >= 4 is 34.9 Å². The fourth-order valence-electron chi connectivity index (χ4n) is 4.30. The van der Waals surface area contributed by atoms with Crippen LogP contribution in [-0.2, 0) is 0 Å². The lowest BCUT2D eigenvalue weighted by atomic mass is 10.1. The maximum atomic E-state index is 12.8. The van der Waals surface area contributed by atoms with Crippen molar-refractivity contribution in [3.63, 3.8) is 0 Å². The second-order valence-electron chi connectivity index (χ2n) is 8.90. The molecule has 8 nitrogen and oxygen atoms in total. The number of amides is 2. The number of carbonyl (C=O) groups is 2. The first-order chi connectivity index (χ1) is 17.5. The van der Waals surface area contributed by atoms with Gasteiger partial charge in [0.25, 0.3) is 11.8 Å². The Morgan fingerprint density at radius 1 is 0.667 bits per heavy atom. The Bertz CT molecular complexity index is 1240. The molecule has 2 amide bonds. The maximum Gasteiger partial charge on any atom is 0.255 e. The standard InChI is InChI=1S/C28H28N6O2/c1-33-16-14-29-25(33)19-6-10-23(11-7-19)31-27(35)21-4-3-5-22(18-21)28(36)32-24-12-8-20(9-13-24)26-30-15-17-34(26)2/h3-13,18H,14-17H2,1-2H3,(H,31,35)(H,32,36). The molecule has 8 heteroatoms. The van der Waals surface area contributed by atoms with Crippen LogP contribution in [0.1, 0.15) is 31.8 Å². The van der Waals surface area contributed by atoms with E-state index in [0.29, 0.717) is 22.5 Å². The predicted molar refractivity (Wildman–Crippen MR) is 143 cm³/mol. The van der Waals surface area contributed by atoms with Gasteiger partial charge < -0.3 is 20.4 Å². The number of likely N-dealkylation sites (N-methyl/N-ethyl adjacent to an activating group) is 2. The van der Waals surface area contributed by atoms with Gasteiger partial charge in [0.1, 0.15) is 11.7 Å². The monoisotopic (exact) mass is 480 g/mol. The van der Waals surface area contributed by atoms with Gasteiger partial charge in [-0.3, -0.25) is 19.6 Å². The lowest BCUT2D eigenvalue weighted by Gasteiger charge is -2.14. The average Bonchev–Trinajstić information content (AvgIpc) is 3.53. The summed E-state index contributed by atoms with van der Waals surface area (Å²) in [6.45, 7) is 3.42. The van der Waals surface area contributed by atoms with Crippen LogP contribution in [0.15, 0.2) is 82.8 Å². The highest BCUT2D eigenvalue weighted by Crippen LogP contribution is 2.18. The maximum absolute atomic E-state index is 12.8. The summed E-state index contributed by atoms with van der Waals surface area (Å²) in [5.74, 6) is 1.36. The molecule has 2 heterocycles. The van der Waals surface area contributed by atoms with Crippen molar-refractivity contribution in [1.82, 2.24) is 9.80 Å². The Morgan fingerprint density at radius 3 is 1.44 bits per heavy atom. The third-order valence-corrected chi connectivity index (χ3v) is 6.31. The van der Waals surface area contributed by atoms with Crippen molar-refractivity contribution in [2.75, 3.05) is 50.9 Å². The van der Waals surface area contributed by atoms with Crippen molar-refractivity contribution in [2.45, 2.75) is 0 Å². The number of hydrogen-bond donors (Lipinski definition) is 2. The first-order valence-electron chi connectivity index (χ1n) is 11.9. The van der Waals surface area contributed by atoms with Gasteiger partial charge in [-0.15, -0.1) is 0 Å². The summed E-state index contributed by atoms with van der Waals surface area (Å²) in [6, 6.07) is 21.9. The van der Waals surface area contributed by atoms with Gasteiger partial charge >= 0.3 is 0 Å². The minimum atomic E-state index is -0.279. The van der Waals surface area contributed by atoms with Crippen LogP contribution in [0.4, 0.5) is 11.4 Å². The molecule has 2 aliphatic heterocycles. The van der Waals surface area contributed by atoms with Gasteiger partial charge in [-0.05, 0) is 66.7 Å². The van der Waals surface area contributed by atoms with Crippen LogP contribution in [-0.4, -0.2) is 73.6 Å². The summed E-state index contributed by atoms with van der Waals surface area (Å²) < 4.78 is 0. The van der Waals surface area contributed by atoms with Crippen LogP contribution in [0, 0.1) is 0 Å². The van der Waals surface area contributed by atoms with Crippen LogP contribution in [0.3, 0.4) is 0 Å². The molecule has 3 aromatic carbocycles. The second-order valence-corrected chi connectivity index (χ2v) is 8.90. The zero-order valence-electron chi connectivity index (χ0n) is 20.4. The van der Waals surface area contributed by atoms with Crippen molar-refractivity contribution in [2.24, 2.45) is 9.98 Å². The molecule has 0 aliphatic carbocycles. The highest BCUT2D eigenvalue weighted by atomic mass is 16.2. The van der Waals surface area contributed by atoms with Crippen LogP contribution in [0.25, 0.3) is 0 Å². The Balaban J connectivity index is 1.22. The van der Waals surface area contributed by atoms with E-state index in [9.17, 15) is 9.59 Å². The molecule has 36 heavy (non-hydrogen) atoms. The van der Waals surface area contributed by atoms with Gasteiger partial charge in [0.2, 0.25) is 0 Å². The number of amidine groups is 2. The first kappa shape index (κ1) is 23.3. The number of aliphatic imine (C=N–C) groups is 2. The van der Waals surface area contributed by atoms with E-state index < -0.39 is 0 Å². The zero-order chi connectivity index (χ0) is 25.1. The third-order valence-electron chi connectivity index (χ3n) is 6.31. The fourth-order valence-corrected chi connectivity index (χ4v) is 4.30. The molecule has 0 aromatic heterocycles. The predicted octanol–water partition coefficient (Wildman–Crippen LogP) is 3.58. The van der Waals surface area contributed by atoms with Gasteiger partial charge in [-0.25, -0.2) is 0 Å². The minimum Gasteiger partial charge on any atom is -0.358 e. The number of rotatable bonds is 6. The van der Waals surface area contributed by atoms with Crippen LogP contribution in [0.2, 0.25) is 0 Å². The number of carbonyl (C=O) groups excluding carboxylic acids is 2. The van der Waals surface area contributed by atoms with E-state index in [1.165, 1.54) is 0 Å². The summed E-state index contributed by atoms with van der Waals surface area (Å²) in [6.07, 6.45) is 0. The van der Waals surface area contributed by atoms with E-state index in [1.54, 1.807) is 24.3 Å². The van der Waals surface area contributed by atoms with Crippen molar-refractivity contribution in [3.8, 4) is 0 Å². The largest absolute Gasteiger partial charge is 0.358 e. The van der Waals surface area contributed by atoms with E-state index >= 15 is 0 Å². The fraction of sp³-hybridized carbons (Fsp3) is 0.214. The second kappa shape index (κ2) is 10.0. The average molecular weight is 481 g/mol. The van der Waals surface area contributed by atoms with E-state index in [2.05, 4.69) is 30.4 Å². The molecular formula is C28H28N6O2. The molecule has 0 bridgehead atoms. The van der Waals surface area contributed by atoms with Crippen LogP contribution >= 0.6 is 0 Å². The molecule has 2 aliphatic rings. The van der Waals surface area contributed by atoms with E-state index in [-0.39, 0.29) is 11.8 Å². The van der Waals surface area contributed by atoms with Gasteiger partial charge in [0.05, 0.1) is 13.1 Å². The van der Waals surface area contributed by atoms with Crippen LogP contribution < -0.4 is 10.6 Å². The lowest BCUT2D eigenvalue weighted by Crippen LogP contribution is -2.23. The molecule has 0 unspecified atom stereocenters. The molecule has 0 atom stereocenters. The number of nitrogens with zero attached hydrogens (tertiary/aromatic N) is 4. The van der Waals surface area contributed by atoms with E-state index in [0.717, 1.165) is 49.0 Å². The number of benzene rings is 3. The van der Waals surface area contributed by atoms with Gasteiger partial charge in [-0.2, -0.15) is 0 Å². The highest BCUT2D eigenvalue weighted by Gasteiger charge is 2.16. The number of nitrogens with one attached hydrogen (secondary N) is 2. The SMILES string of the molecule is CN1CCN=C1c1ccc(NC(=O)c2cccc(C(=O)Nc3ccc(C4=NCCN4C)cc3)c2)cc1. The highest BCUT2D eigenvalue weighted by molar-refractivity contribution is 6.09. The lowest BCUT2D eigenvalue weighted by molar-refractivity contribution is 0.102. The smallest absolute Gasteiger partial charge is 0.255 e. The number of anilines is 2. The molecule has 0 radical (unpaired) electrons. The van der Waals surface area contributed by atoms with E-state index in [4.69, 9.17) is 0 Å². The molecule has 3 aromatic rings. The van der Waals surface area contributed by atoms with Crippen molar-refractivity contribution in [1.29, 1.82) is 0 Å². The Kier molecular flexibility index (Phi) is 6.49. The van der Waals surface area contributed by atoms with Gasteiger partial charge in [-0.1, -0.05) is 6.07 Å². The van der Waals surface area contributed by atoms with E-state index in [1.807, 2.05) is 62.6 Å². The summed E-state index contributed by atoms with van der Waals surface area (Å²) in [4.78, 5) is 38.9. The quantitative estimate of drug-likeness (QED) is 0.565. The van der Waals surface area contributed by atoms with Gasteiger partial charge in [0, 0.05) is 60.8 Å². The molecule has 182 valence electrons. The summed E-state index contributed by atoms with van der Waals surface area (Å²) in [5.41, 5.74) is 4.20. The van der Waals surface area contributed by atoms with Crippen molar-refractivity contribution < 1.29 is 9.59 Å². The summed E-state index contributed by atoms with van der Waals surface area (Å²) >= 11 is 0. The molecule has 0 fully saturated rings. The summed E-state index contributed by atoms with van der Waals surface area (Å²) in [5, 5.41) is 5.80. The topological polar surface area (TPSA) is 89.4 Å². The first-order valence-corrected chi connectivity index (χ1v) is 11.9. The third kappa shape index (κ3) is 4.98. The molecule has 5 rings (SSSR count). The van der Waals surface area contributed by atoms with Crippen LogP contribution in [0.5, 0.6) is 0 Å².